The predicted octanol–water partition coefficient (Wildman–Crippen LogP) is 2.07. The van der Waals surface area contributed by atoms with Crippen molar-refractivity contribution in [2.45, 2.75) is 32.7 Å². The second kappa shape index (κ2) is 6.48. The van der Waals surface area contributed by atoms with Crippen LogP contribution in [0.15, 0.2) is 36.4 Å². The normalized spacial score (nSPS) is 12.3. The highest BCUT2D eigenvalue weighted by atomic mass is 16.1. The molecule has 20 heavy (non-hydrogen) atoms. The Morgan fingerprint density at radius 1 is 1.35 bits per heavy atom. The van der Waals surface area contributed by atoms with Gasteiger partial charge in [-0.15, -0.1) is 0 Å². The van der Waals surface area contributed by atoms with Crippen LogP contribution in [0.5, 0.6) is 0 Å². The van der Waals surface area contributed by atoms with Crippen molar-refractivity contribution in [1.29, 1.82) is 0 Å². The monoisotopic (exact) mass is 271 g/mol. The van der Waals surface area contributed by atoms with E-state index in [4.69, 9.17) is 5.73 Å². The molecule has 106 valence electrons. The van der Waals surface area contributed by atoms with Crippen LogP contribution >= 0.6 is 0 Å². The summed E-state index contributed by atoms with van der Waals surface area (Å²) in [6.07, 6.45) is 0.380. The summed E-state index contributed by atoms with van der Waals surface area (Å²) >= 11 is 0. The van der Waals surface area contributed by atoms with E-state index in [1.165, 1.54) is 0 Å². The number of hydrogen-bond acceptors (Lipinski definition) is 3. The van der Waals surface area contributed by atoms with Gasteiger partial charge in [-0.2, -0.15) is 5.10 Å². The van der Waals surface area contributed by atoms with Crippen LogP contribution in [0.1, 0.15) is 29.8 Å². The summed E-state index contributed by atoms with van der Waals surface area (Å²) < 4.78 is 1.88. The Hall–Kier alpha value is -1.94. The molecule has 1 heterocycles. The minimum atomic E-state index is -0.239. The third kappa shape index (κ3) is 3.14. The molecule has 0 bridgehead atoms. The molecule has 0 fully saturated rings. The molecule has 0 aliphatic rings. The van der Waals surface area contributed by atoms with Gasteiger partial charge in [0, 0.05) is 25.2 Å². The average Bonchev–Trinajstić information content (AvgIpc) is 2.80. The number of aromatic nitrogens is 2. The Balaban J connectivity index is 2.17. The lowest BCUT2D eigenvalue weighted by Crippen LogP contribution is -2.24. The van der Waals surface area contributed by atoms with Gasteiger partial charge in [0.25, 0.3) is 0 Å². The van der Waals surface area contributed by atoms with Crippen LogP contribution in [-0.4, -0.2) is 22.1 Å². The molecule has 2 rings (SSSR count). The molecule has 0 aliphatic heterocycles. The Morgan fingerprint density at radius 3 is 2.65 bits per heavy atom. The van der Waals surface area contributed by atoms with Gasteiger partial charge in [0.2, 0.25) is 0 Å². The maximum atomic E-state index is 12.5. The molecule has 0 saturated heterocycles. The third-order valence-corrected chi connectivity index (χ3v) is 3.47. The molecule has 0 saturated carbocycles. The molecule has 0 spiro atoms. The molecule has 4 heteroatoms. The summed E-state index contributed by atoms with van der Waals surface area (Å²) in [7, 11) is 0. The van der Waals surface area contributed by atoms with Gasteiger partial charge < -0.3 is 5.73 Å². The first-order valence-electron chi connectivity index (χ1n) is 6.96. The van der Waals surface area contributed by atoms with Crippen molar-refractivity contribution in [1.82, 2.24) is 9.78 Å². The van der Waals surface area contributed by atoms with E-state index in [-0.39, 0.29) is 11.7 Å². The number of Topliss-reactive ketones (excluding diaryl/α,β-unsaturated/α-hetero) is 1. The number of hydrogen-bond donors (Lipinski definition) is 1. The van der Waals surface area contributed by atoms with Crippen molar-refractivity contribution in [3.8, 4) is 0 Å². The van der Waals surface area contributed by atoms with Crippen molar-refractivity contribution in [2.24, 2.45) is 5.73 Å². The lowest BCUT2D eigenvalue weighted by molar-refractivity contribution is -0.119. The zero-order valence-electron chi connectivity index (χ0n) is 12.0. The fourth-order valence-corrected chi connectivity index (χ4v) is 2.46. The van der Waals surface area contributed by atoms with Crippen molar-refractivity contribution >= 4 is 5.78 Å². The van der Waals surface area contributed by atoms with E-state index in [9.17, 15) is 4.79 Å². The first kappa shape index (κ1) is 14.5. The quantitative estimate of drug-likeness (QED) is 0.875. The molecule has 2 N–H and O–H groups in total. The van der Waals surface area contributed by atoms with Gasteiger partial charge in [0.15, 0.2) is 0 Å². The number of nitrogens with two attached hydrogens (primary N) is 1. The highest BCUT2D eigenvalue weighted by molar-refractivity contribution is 5.87. The summed E-state index contributed by atoms with van der Waals surface area (Å²) in [5, 5.41) is 4.37. The van der Waals surface area contributed by atoms with E-state index >= 15 is 0 Å². The second-order valence-electron chi connectivity index (χ2n) is 4.93. The van der Waals surface area contributed by atoms with Gasteiger partial charge >= 0.3 is 0 Å². The zero-order valence-corrected chi connectivity index (χ0v) is 12.0. The fourth-order valence-electron chi connectivity index (χ4n) is 2.46. The Morgan fingerprint density at radius 2 is 2.05 bits per heavy atom. The lowest BCUT2D eigenvalue weighted by atomic mass is 9.92. The summed E-state index contributed by atoms with van der Waals surface area (Å²) in [5.74, 6) is -0.0926. The van der Waals surface area contributed by atoms with Gasteiger partial charge in [-0.25, -0.2) is 0 Å². The van der Waals surface area contributed by atoms with Gasteiger partial charge in [-0.05, 0) is 25.5 Å². The lowest BCUT2D eigenvalue weighted by Gasteiger charge is -2.14. The van der Waals surface area contributed by atoms with Gasteiger partial charge in [-0.3, -0.25) is 9.48 Å². The molecule has 2 aromatic rings. The van der Waals surface area contributed by atoms with E-state index in [1.807, 2.05) is 54.9 Å². The molecule has 1 aromatic carbocycles. The van der Waals surface area contributed by atoms with Crippen LogP contribution in [-0.2, 0) is 17.8 Å². The third-order valence-electron chi connectivity index (χ3n) is 3.47. The number of carbonyl (C=O) groups is 1. The number of nitrogens with zero attached hydrogens (tertiary/aromatic N) is 2. The Bertz CT molecular complexity index is 575. The van der Waals surface area contributed by atoms with Crippen molar-refractivity contribution < 1.29 is 4.79 Å². The van der Waals surface area contributed by atoms with Crippen molar-refractivity contribution in [3.63, 3.8) is 0 Å². The first-order valence-corrected chi connectivity index (χ1v) is 6.96. The number of aryl methyl sites for hydroxylation is 2. The molecular weight excluding hydrogens is 250 g/mol. The zero-order chi connectivity index (χ0) is 14.5. The highest BCUT2D eigenvalue weighted by Gasteiger charge is 2.20. The van der Waals surface area contributed by atoms with Gasteiger partial charge in [0.05, 0.1) is 11.6 Å². The first-order chi connectivity index (χ1) is 9.65. The number of ketones is 1. The highest BCUT2D eigenvalue weighted by Crippen LogP contribution is 2.18. The molecule has 0 aliphatic carbocycles. The molecule has 0 radical (unpaired) electrons. The van der Waals surface area contributed by atoms with Gasteiger partial charge in [-0.1, -0.05) is 30.3 Å². The maximum absolute atomic E-state index is 12.5. The molecule has 1 unspecified atom stereocenters. The van der Waals surface area contributed by atoms with Crippen LogP contribution < -0.4 is 5.73 Å². The summed E-state index contributed by atoms with van der Waals surface area (Å²) in [6, 6.07) is 11.7. The minimum absolute atomic E-state index is 0.147. The fraction of sp³-hybridized carbons (Fsp3) is 0.375. The molecule has 0 amide bonds. The maximum Gasteiger partial charge on any atom is 0.147 e. The second-order valence-corrected chi connectivity index (χ2v) is 4.93. The standard InChI is InChI=1S/C16H21N3O/c1-3-19-14(9-12(2)18-19)10-16(20)15(11-17)13-7-5-4-6-8-13/h4-9,15H,3,10-11,17H2,1-2H3. The van der Waals surface area contributed by atoms with E-state index < -0.39 is 0 Å². The summed E-state index contributed by atoms with van der Waals surface area (Å²) in [6.45, 7) is 5.08. The predicted molar refractivity (Wildman–Crippen MR) is 79.6 cm³/mol. The Labute approximate surface area is 119 Å². The van der Waals surface area contributed by atoms with E-state index in [1.54, 1.807) is 0 Å². The van der Waals surface area contributed by atoms with Crippen LogP contribution in [0.4, 0.5) is 0 Å². The molecule has 1 aromatic heterocycles. The van der Waals surface area contributed by atoms with Crippen LogP contribution in [0, 0.1) is 6.92 Å². The molecule has 1 atom stereocenters. The summed E-state index contributed by atoms with van der Waals surface area (Å²) in [4.78, 5) is 12.5. The van der Waals surface area contributed by atoms with Crippen molar-refractivity contribution in [3.05, 3.63) is 53.3 Å². The van der Waals surface area contributed by atoms with Crippen molar-refractivity contribution in [2.75, 3.05) is 6.54 Å². The van der Waals surface area contributed by atoms with E-state index in [0.717, 1.165) is 23.5 Å². The van der Waals surface area contributed by atoms with E-state index in [0.29, 0.717) is 13.0 Å². The van der Waals surface area contributed by atoms with Gasteiger partial charge in [0.1, 0.15) is 5.78 Å². The number of benzene rings is 1. The Kier molecular flexibility index (Phi) is 4.69. The number of carbonyl (C=O) groups excluding carboxylic acids is 1. The minimum Gasteiger partial charge on any atom is -0.329 e. The molecule has 4 nitrogen and oxygen atoms in total. The van der Waals surface area contributed by atoms with Crippen LogP contribution in [0.25, 0.3) is 0 Å². The number of rotatable bonds is 6. The average molecular weight is 271 g/mol. The van der Waals surface area contributed by atoms with E-state index in [2.05, 4.69) is 5.10 Å². The molecular formula is C16H21N3O. The largest absolute Gasteiger partial charge is 0.329 e. The SMILES string of the molecule is CCn1nc(C)cc1CC(=O)C(CN)c1ccccc1. The van der Waals surface area contributed by atoms with Crippen LogP contribution in [0.2, 0.25) is 0 Å². The topological polar surface area (TPSA) is 60.9 Å². The summed E-state index contributed by atoms with van der Waals surface area (Å²) in [5.41, 5.74) is 8.68. The van der Waals surface area contributed by atoms with Crippen LogP contribution in [0.3, 0.4) is 0 Å². The smallest absolute Gasteiger partial charge is 0.147 e.